The van der Waals surface area contributed by atoms with Crippen molar-refractivity contribution >= 4 is 50.9 Å². The van der Waals surface area contributed by atoms with Crippen molar-refractivity contribution in [2.75, 3.05) is 0 Å². The van der Waals surface area contributed by atoms with Gasteiger partial charge in [-0.25, -0.2) is 4.98 Å². The van der Waals surface area contributed by atoms with Gasteiger partial charge >= 0.3 is 0 Å². The molecular weight excluding hydrogens is 341 g/mol. The lowest BCUT2D eigenvalue weighted by molar-refractivity contribution is 1.11. The molecule has 0 radical (unpaired) electrons. The SMILES string of the molecule is Clc1ccc(CSc2ncc(Cl)cc2Br)cc1. The fourth-order valence-electron chi connectivity index (χ4n) is 1.24. The van der Waals surface area contributed by atoms with Crippen molar-refractivity contribution in [1.29, 1.82) is 0 Å². The smallest absolute Gasteiger partial charge is 0.111 e. The first-order chi connectivity index (χ1) is 8.15. The second-order valence-electron chi connectivity index (χ2n) is 3.36. The Hall–Kier alpha value is -0.220. The summed E-state index contributed by atoms with van der Waals surface area (Å²) < 4.78 is 0.920. The molecule has 5 heteroatoms. The molecular formula is C12H8BrCl2NS. The summed E-state index contributed by atoms with van der Waals surface area (Å²) in [6.45, 7) is 0. The zero-order valence-electron chi connectivity index (χ0n) is 8.66. The van der Waals surface area contributed by atoms with Crippen LogP contribution in [0.5, 0.6) is 0 Å². The zero-order valence-corrected chi connectivity index (χ0v) is 12.6. The summed E-state index contributed by atoms with van der Waals surface area (Å²) in [5.74, 6) is 0.852. The standard InChI is InChI=1S/C12H8BrCl2NS/c13-11-5-10(15)6-16-12(11)17-7-8-1-3-9(14)4-2-8/h1-6H,7H2. The molecule has 0 unspecified atom stereocenters. The van der Waals surface area contributed by atoms with Gasteiger partial charge in [0.1, 0.15) is 5.03 Å². The lowest BCUT2D eigenvalue weighted by Crippen LogP contribution is -1.84. The van der Waals surface area contributed by atoms with E-state index in [1.54, 1.807) is 18.0 Å². The quantitative estimate of drug-likeness (QED) is 0.684. The van der Waals surface area contributed by atoms with E-state index in [2.05, 4.69) is 20.9 Å². The van der Waals surface area contributed by atoms with Crippen LogP contribution >= 0.6 is 50.9 Å². The highest BCUT2D eigenvalue weighted by Gasteiger charge is 2.03. The van der Waals surface area contributed by atoms with Gasteiger partial charge in [0, 0.05) is 17.0 Å². The monoisotopic (exact) mass is 347 g/mol. The number of thioether (sulfide) groups is 1. The van der Waals surface area contributed by atoms with Crippen LogP contribution in [0.15, 0.2) is 46.0 Å². The second-order valence-corrected chi connectivity index (χ2v) is 6.05. The summed E-state index contributed by atoms with van der Waals surface area (Å²) in [6, 6.07) is 9.65. The van der Waals surface area contributed by atoms with E-state index in [4.69, 9.17) is 23.2 Å². The van der Waals surface area contributed by atoms with Gasteiger partial charge in [0.2, 0.25) is 0 Å². The van der Waals surface area contributed by atoms with Crippen LogP contribution in [0.2, 0.25) is 10.0 Å². The van der Waals surface area contributed by atoms with Crippen LogP contribution in [0, 0.1) is 0 Å². The highest BCUT2D eigenvalue weighted by molar-refractivity contribution is 9.10. The van der Waals surface area contributed by atoms with Gasteiger partial charge in [0.05, 0.1) is 9.50 Å². The molecule has 0 saturated heterocycles. The van der Waals surface area contributed by atoms with Crippen LogP contribution < -0.4 is 0 Å². The van der Waals surface area contributed by atoms with Gasteiger partial charge in [-0.2, -0.15) is 0 Å². The van der Waals surface area contributed by atoms with Crippen molar-refractivity contribution in [2.45, 2.75) is 10.8 Å². The Morgan fingerprint density at radius 1 is 1.12 bits per heavy atom. The molecule has 2 aromatic rings. The number of aromatic nitrogens is 1. The molecule has 0 aliphatic rings. The van der Waals surface area contributed by atoms with Gasteiger partial charge in [0.15, 0.2) is 0 Å². The Bertz CT molecular complexity index is 516. The summed E-state index contributed by atoms with van der Waals surface area (Å²) in [7, 11) is 0. The summed E-state index contributed by atoms with van der Waals surface area (Å²) in [6.07, 6.45) is 1.65. The van der Waals surface area contributed by atoms with E-state index >= 15 is 0 Å². The number of hydrogen-bond acceptors (Lipinski definition) is 2. The Morgan fingerprint density at radius 2 is 1.82 bits per heavy atom. The van der Waals surface area contributed by atoms with E-state index in [1.807, 2.05) is 30.3 Å². The van der Waals surface area contributed by atoms with E-state index in [-0.39, 0.29) is 0 Å². The van der Waals surface area contributed by atoms with E-state index in [0.29, 0.717) is 5.02 Å². The highest BCUT2D eigenvalue weighted by atomic mass is 79.9. The van der Waals surface area contributed by atoms with Crippen molar-refractivity contribution in [2.24, 2.45) is 0 Å². The van der Waals surface area contributed by atoms with E-state index in [1.165, 1.54) is 5.56 Å². The predicted molar refractivity (Wildman–Crippen MR) is 78.0 cm³/mol. The largest absolute Gasteiger partial charge is 0.247 e. The maximum atomic E-state index is 5.84. The molecule has 0 fully saturated rings. The fraction of sp³-hybridized carbons (Fsp3) is 0.0833. The van der Waals surface area contributed by atoms with Crippen molar-refractivity contribution in [1.82, 2.24) is 4.98 Å². The summed E-state index contributed by atoms with van der Waals surface area (Å²) in [5.41, 5.74) is 1.21. The van der Waals surface area contributed by atoms with Crippen LogP contribution in [0.3, 0.4) is 0 Å². The molecule has 0 saturated carbocycles. The maximum absolute atomic E-state index is 5.84. The molecule has 1 aromatic carbocycles. The lowest BCUT2D eigenvalue weighted by atomic mass is 10.2. The Labute approximate surface area is 123 Å². The minimum Gasteiger partial charge on any atom is -0.247 e. The van der Waals surface area contributed by atoms with Gasteiger partial charge in [-0.1, -0.05) is 35.3 Å². The normalized spacial score (nSPS) is 10.5. The van der Waals surface area contributed by atoms with Gasteiger partial charge in [-0.3, -0.25) is 0 Å². The van der Waals surface area contributed by atoms with Crippen molar-refractivity contribution in [3.05, 3.63) is 56.6 Å². The average molecular weight is 349 g/mol. The molecule has 0 bridgehead atoms. The van der Waals surface area contributed by atoms with Crippen molar-refractivity contribution < 1.29 is 0 Å². The predicted octanol–water partition coefficient (Wildman–Crippen LogP) is 5.44. The molecule has 1 nitrogen and oxygen atoms in total. The first-order valence-corrected chi connectivity index (χ1v) is 7.37. The zero-order chi connectivity index (χ0) is 12.3. The summed E-state index contributed by atoms with van der Waals surface area (Å²) >= 11 is 16.8. The van der Waals surface area contributed by atoms with Gasteiger partial charge in [-0.15, -0.1) is 11.8 Å². The Kier molecular flexibility index (Phi) is 4.74. The van der Waals surface area contributed by atoms with Gasteiger partial charge in [-0.05, 0) is 39.7 Å². The third kappa shape index (κ3) is 3.88. The molecule has 1 aromatic heterocycles. The third-order valence-corrected chi connectivity index (χ3v) is 4.46. The van der Waals surface area contributed by atoms with Gasteiger partial charge < -0.3 is 0 Å². The third-order valence-electron chi connectivity index (χ3n) is 2.06. The number of nitrogens with zero attached hydrogens (tertiary/aromatic N) is 1. The average Bonchev–Trinajstić information content (AvgIpc) is 2.30. The maximum Gasteiger partial charge on any atom is 0.111 e. The molecule has 1 heterocycles. The molecule has 88 valence electrons. The number of benzene rings is 1. The van der Waals surface area contributed by atoms with Crippen LogP contribution in [0.1, 0.15) is 5.56 Å². The first-order valence-electron chi connectivity index (χ1n) is 4.83. The summed E-state index contributed by atoms with van der Waals surface area (Å²) in [4.78, 5) is 4.27. The van der Waals surface area contributed by atoms with Crippen LogP contribution in [0.4, 0.5) is 0 Å². The second kappa shape index (κ2) is 6.10. The van der Waals surface area contributed by atoms with E-state index < -0.39 is 0 Å². The number of pyridine rings is 1. The number of halogens is 3. The first kappa shape index (κ1) is 13.2. The van der Waals surface area contributed by atoms with Crippen LogP contribution in [0.25, 0.3) is 0 Å². The van der Waals surface area contributed by atoms with Gasteiger partial charge in [0.25, 0.3) is 0 Å². The minimum atomic E-state index is 0.632. The number of hydrogen-bond donors (Lipinski definition) is 0. The molecule has 0 amide bonds. The number of rotatable bonds is 3. The molecule has 0 atom stereocenters. The molecule has 17 heavy (non-hydrogen) atoms. The van der Waals surface area contributed by atoms with E-state index in [9.17, 15) is 0 Å². The fourth-order valence-corrected chi connectivity index (χ4v) is 3.17. The summed E-state index contributed by atoms with van der Waals surface area (Å²) in [5, 5.41) is 2.32. The van der Waals surface area contributed by atoms with Crippen LogP contribution in [-0.4, -0.2) is 4.98 Å². The lowest BCUT2D eigenvalue weighted by Gasteiger charge is -2.04. The Morgan fingerprint density at radius 3 is 2.47 bits per heavy atom. The molecule has 0 N–H and O–H groups in total. The minimum absolute atomic E-state index is 0.632. The topological polar surface area (TPSA) is 12.9 Å². The van der Waals surface area contributed by atoms with Crippen molar-refractivity contribution in [3.8, 4) is 0 Å². The Balaban J connectivity index is 2.04. The van der Waals surface area contributed by atoms with Crippen LogP contribution in [-0.2, 0) is 5.75 Å². The van der Waals surface area contributed by atoms with Crippen molar-refractivity contribution in [3.63, 3.8) is 0 Å². The highest BCUT2D eigenvalue weighted by Crippen LogP contribution is 2.29. The molecule has 0 aliphatic heterocycles. The van der Waals surface area contributed by atoms with E-state index in [0.717, 1.165) is 20.3 Å². The molecule has 0 spiro atoms. The molecule has 2 rings (SSSR count). The molecule has 0 aliphatic carbocycles.